The van der Waals surface area contributed by atoms with Crippen LogP contribution in [0.4, 0.5) is 10.1 Å². The topological polar surface area (TPSA) is 38.9 Å². The van der Waals surface area contributed by atoms with E-state index in [1.807, 2.05) is 32.0 Å². The number of nitrogen functional groups attached to an aromatic ring is 1. The summed E-state index contributed by atoms with van der Waals surface area (Å²) in [5.74, 6) is -0.242. The van der Waals surface area contributed by atoms with E-state index in [4.69, 9.17) is 5.73 Å². The predicted molar refractivity (Wildman–Crippen MR) is 81.0 cm³/mol. The summed E-state index contributed by atoms with van der Waals surface area (Å²) in [4.78, 5) is 4.66. The van der Waals surface area contributed by atoms with Crippen LogP contribution in [-0.2, 0) is 0 Å². The molecule has 20 heavy (non-hydrogen) atoms. The van der Waals surface area contributed by atoms with Gasteiger partial charge in [-0.15, -0.1) is 0 Å². The van der Waals surface area contributed by atoms with Crippen molar-refractivity contribution in [3.05, 3.63) is 59.4 Å². The molecular weight excluding hydrogens is 251 g/mol. The summed E-state index contributed by atoms with van der Waals surface area (Å²) < 4.78 is 13.0. The first-order valence-corrected chi connectivity index (χ1v) is 6.48. The zero-order valence-electron chi connectivity index (χ0n) is 11.4. The molecule has 0 atom stereocenters. The third-order valence-corrected chi connectivity index (χ3v) is 3.65. The number of aryl methyl sites for hydroxylation is 2. The average molecular weight is 266 g/mol. The second kappa shape index (κ2) is 4.60. The van der Waals surface area contributed by atoms with Crippen LogP contribution in [0, 0.1) is 19.7 Å². The number of fused-ring (bicyclic) bond motifs is 1. The highest BCUT2D eigenvalue weighted by molar-refractivity contribution is 5.89. The summed E-state index contributed by atoms with van der Waals surface area (Å²) in [5, 5.41) is 1.05. The largest absolute Gasteiger partial charge is 0.398 e. The molecule has 2 aromatic carbocycles. The Balaban J connectivity index is 2.20. The van der Waals surface area contributed by atoms with E-state index in [-0.39, 0.29) is 5.82 Å². The van der Waals surface area contributed by atoms with Gasteiger partial charge in [0.25, 0.3) is 0 Å². The van der Waals surface area contributed by atoms with Crippen molar-refractivity contribution in [1.29, 1.82) is 0 Å². The highest BCUT2D eigenvalue weighted by Crippen LogP contribution is 2.28. The second-order valence-electron chi connectivity index (χ2n) is 5.00. The van der Waals surface area contributed by atoms with Crippen LogP contribution >= 0.6 is 0 Å². The molecule has 0 aliphatic rings. The second-order valence-corrected chi connectivity index (χ2v) is 5.00. The fraction of sp³-hybridized carbons (Fsp3) is 0.118. The molecule has 0 saturated carbocycles. The summed E-state index contributed by atoms with van der Waals surface area (Å²) in [6, 6.07) is 12.3. The van der Waals surface area contributed by atoms with Crippen LogP contribution < -0.4 is 5.73 Å². The Hall–Kier alpha value is -2.42. The maximum absolute atomic E-state index is 13.0. The Morgan fingerprint density at radius 3 is 2.40 bits per heavy atom. The van der Waals surface area contributed by atoms with Crippen LogP contribution in [0.2, 0.25) is 0 Å². The molecule has 1 aromatic heterocycles. The van der Waals surface area contributed by atoms with Crippen molar-refractivity contribution in [2.75, 3.05) is 5.73 Å². The van der Waals surface area contributed by atoms with Gasteiger partial charge in [-0.05, 0) is 61.4 Å². The molecule has 0 radical (unpaired) electrons. The first-order chi connectivity index (χ1) is 9.56. The number of anilines is 1. The predicted octanol–water partition coefficient (Wildman–Crippen LogP) is 4.24. The highest BCUT2D eigenvalue weighted by Gasteiger charge is 2.07. The normalized spacial score (nSPS) is 10.9. The van der Waals surface area contributed by atoms with Gasteiger partial charge < -0.3 is 5.73 Å². The Bertz CT molecular complexity index is 792. The molecule has 0 amide bonds. The van der Waals surface area contributed by atoms with Crippen LogP contribution in [0.25, 0.3) is 22.2 Å². The summed E-state index contributed by atoms with van der Waals surface area (Å²) in [6.07, 6.45) is 0. The van der Waals surface area contributed by atoms with Gasteiger partial charge in [0.15, 0.2) is 0 Å². The minimum absolute atomic E-state index is 0.242. The van der Waals surface area contributed by atoms with Crippen molar-refractivity contribution in [2.24, 2.45) is 0 Å². The average Bonchev–Trinajstić information content (AvgIpc) is 2.45. The molecule has 2 nitrogen and oxygen atoms in total. The van der Waals surface area contributed by atoms with E-state index in [2.05, 4.69) is 4.98 Å². The van der Waals surface area contributed by atoms with Gasteiger partial charge in [0.1, 0.15) is 5.82 Å². The molecule has 0 aliphatic carbocycles. The molecule has 0 aliphatic heterocycles. The third-order valence-electron chi connectivity index (χ3n) is 3.65. The van der Waals surface area contributed by atoms with E-state index >= 15 is 0 Å². The van der Waals surface area contributed by atoms with Crippen molar-refractivity contribution >= 4 is 16.6 Å². The van der Waals surface area contributed by atoms with Crippen LogP contribution in [0.15, 0.2) is 42.5 Å². The maximum atomic E-state index is 13.0. The number of hydrogen-bond donors (Lipinski definition) is 1. The lowest BCUT2D eigenvalue weighted by molar-refractivity contribution is 0.628. The van der Waals surface area contributed by atoms with E-state index in [1.165, 1.54) is 12.1 Å². The Morgan fingerprint density at radius 1 is 1.00 bits per heavy atom. The zero-order valence-corrected chi connectivity index (χ0v) is 11.4. The van der Waals surface area contributed by atoms with Crippen molar-refractivity contribution in [3.63, 3.8) is 0 Å². The van der Waals surface area contributed by atoms with Gasteiger partial charge in [-0.2, -0.15) is 0 Å². The van der Waals surface area contributed by atoms with Gasteiger partial charge in [-0.1, -0.05) is 6.07 Å². The van der Waals surface area contributed by atoms with Gasteiger partial charge in [0.2, 0.25) is 0 Å². The molecule has 0 spiro atoms. The number of nitrogens with two attached hydrogens (primary N) is 1. The lowest BCUT2D eigenvalue weighted by atomic mass is 10.0. The number of rotatable bonds is 1. The van der Waals surface area contributed by atoms with Gasteiger partial charge in [0, 0.05) is 16.6 Å². The smallest absolute Gasteiger partial charge is 0.123 e. The number of nitrogens with zero attached hydrogens (tertiary/aromatic N) is 1. The molecule has 100 valence electrons. The number of pyridine rings is 1. The summed E-state index contributed by atoms with van der Waals surface area (Å²) in [6.45, 7) is 3.98. The minimum atomic E-state index is -0.242. The van der Waals surface area contributed by atoms with Crippen LogP contribution in [0.1, 0.15) is 11.1 Å². The van der Waals surface area contributed by atoms with E-state index in [0.29, 0.717) is 0 Å². The number of halogens is 1. The van der Waals surface area contributed by atoms with Crippen LogP contribution in [0.3, 0.4) is 0 Å². The molecule has 1 heterocycles. The van der Waals surface area contributed by atoms with Gasteiger partial charge in [-0.3, -0.25) is 0 Å². The number of aromatic nitrogens is 1. The molecule has 0 unspecified atom stereocenters. The SMILES string of the molecule is Cc1cc2nc(-c3ccc(F)cc3)ccc2c(C)c1N. The Kier molecular flexibility index (Phi) is 2.90. The number of benzene rings is 2. The molecule has 3 aromatic rings. The van der Waals surface area contributed by atoms with E-state index in [1.54, 1.807) is 12.1 Å². The zero-order chi connectivity index (χ0) is 14.3. The number of hydrogen-bond acceptors (Lipinski definition) is 2. The van der Waals surface area contributed by atoms with Gasteiger partial charge in [-0.25, -0.2) is 9.37 Å². The quantitative estimate of drug-likeness (QED) is 0.669. The summed E-state index contributed by atoms with van der Waals surface area (Å²) in [5.41, 5.74) is 11.6. The van der Waals surface area contributed by atoms with Crippen LogP contribution in [-0.4, -0.2) is 4.98 Å². The lowest BCUT2D eigenvalue weighted by Gasteiger charge is -2.10. The molecular formula is C17H15FN2. The molecule has 0 saturated heterocycles. The fourth-order valence-corrected chi connectivity index (χ4v) is 2.41. The lowest BCUT2D eigenvalue weighted by Crippen LogP contribution is -1.96. The molecule has 0 bridgehead atoms. The monoisotopic (exact) mass is 266 g/mol. The summed E-state index contributed by atoms with van der Waals surface area (Å²) in [7, 11) is 0. The minimum Gasteiger partial charge on any atom is -0.398 e. The van der Waals surface area contributed by atoms with Crippen molar-refractivity contribution in [2.45, 2.75) is 13.8 Å². The van der Waals surface area contributed by atoms with E-state index in [9.17, 15) is 4.39 Å². The van der Waals surface area contributed by atoms with E-state index < -0.39 is 0 Å². The maximum Gasteiger partial charge on any atom is 0.123 e. The third kappa shape index (κ3) is 2.01. The van der Waals surface area contributed by atoms with Gasteiger partial charge >= 0.3 is 0 Å². The van der Waals surface area contributed by atoms with Gasteiger partial charge in [0.05, 0.1) is 11.2 Å². The molecule has 2 N–H and O–H groups in total. The summed E-state index contributed by atoms with van der Waals surface area (Å²) >= 11 is 0. The standard InChI is InChI=1S/C17H15FN2/c1-10-9-16-14(11(2)17(10)19)7-8-15(20-16)12-3-5-13(18)6-4-12/h3-9H,19H2,1-2H3. The van der Waals surface area contributed by atoms with Crippen LogP contribution in [0.5, 0.6) is 0 Å². The first-order valence-electron chi connectivity index (χ1n) is 6.48. The van der Waals surface area contributed by atoms with Crippen molar-refractivity contribution < 1.29 is 4.39 Å². The Morgan fingerprint density at radius 2 is 1.70 bits per heavy atom. The Labute approximate surface area is 117 Å². The highest BCUT2D eigenvalue weighted by atomic mass is 19.1. The fourth-order valence-electron chi connectivity index (χ4n) is 2.41. The van der Waals surface area contributed by atoms with Crippen molar-refractivity contribution in [3.8, 4) is 11.3 Å². The molecule has 3 heteroatoms. The van der Waals surface area contributed by atoms with Crippen molar-refractivity contribution in [1.82, 2.24) is 4.98 Å². The first kappa shape index (κ1) is 12.6. The van der Waals surface area contributed by atoms with E-state index in [0.717, 1.165) is 39.0 Å². The molecule has 3 rings (SSSR count). The molecule has 0 fully saturated rings.